The molecule has 4 amide bonds. The number of carbonyl (C=O) groups excluding carboxylic acids is 4. The Balaban J connectivity index is 0.816. The van der Waals surface area contributed by atoms with Gasteiger partial charge in [0.2, 0.25) is 17.7 Å². The van der Waals surface area contributed by atoms with Crippen LogP contribution in [0.5, 0.6) is 5.75 Å². The van der Waals surface area contributed by atoms with Gasteiger partial charge in [-0.05, 0) is 93.8 Å². The molecular formula is C52H59ClN10O6S2. The predicted octanol–water partition coefficient (Wildman–Crippen LogP) is 7.98. The van der Waals surface area contributed by atoms with Gasteiger partial charge in [-0.15, -0.1) is 32.9 Å². The van der Waals surface area contributed by atoms with Gasteiger partial charge in [-0.1, -0.05) is 68.8 Å². The van der Waals surface area contributed by atoms with Crippen molar-refractivity contribution in [2.45, 2.75) is 111 Å². The Labute approximate surface area is 426 Å². The summed E-state index contributed by atoms with van der Waals surface area (Å²) >= 11 is 9.48. The van der Waals surface area contributed by atoms with Crippen LogP contribution in [-0.2, 0) is 14.4 Å². The highest BCUT2D eigenvalue weighted by Crippen LogP contribution is 2.40. The summed E-state index contributed by atoms with van der Waals surface area (Å²) in [5.74, 6) is 0.192. The molecule has 8 rings (SSSR count). The number of rotatable bonds is 16. The number of likely N-dealkylation sites (tertiary alicyclic amines) is 1. The van der Waals surface area contributed by atoms with Gasteiger partial charge in [0.05, 0.1) is 53.2 Å². The molecule has 1 fully saturated rings. The first-order valence-electron chi connectivity index (χ1n) is 23.7. The number of fused-ring (bicyclic) bond motifs is 3. The highest BCUT2D eigenvalue weighted by molar-refractivity contribution is 7.15. The van der Waals surface area contributed by atoms with Crippen molar-refractivity contribution in [3.63, 3.8) is 0 Å². The molecule has 71 heavy (non-hydrogen) atoms. The van der Waals surface area contributed by atoms with Crippen molar-refractivity contribution < 1.29 is 29.0 Å². The van der Waals surface area contributed by atoms with Crippen LogP contribution < -0.4 is 20.7 Å². The molecule has 1 saturated heterocycles. The Morgan fingerprint density at radius 2 is 1.66 bits per heavy atom. The number of aliphatic hydroxyl groups is 1. The van der Waals surface area contributed by atoms with Crippen molar-refractivity contribution >= 4 is 63.6 Å². The number of carbonyl (C=O) groups is 4. The summed E-state index contributed by atoms with van der Waals surface area (Å²) in [6, 6.07) is 15.7. The lowest BCUT2D eigenvalue weighted by atomic mass is 9.85. The molecule has 19 heteroatoms. The molecule has 16 nitrogen and oxygen atoms in total. The number of β-amino-alcohol motifs (C(OH)–C–C–N with tert-alkyl or cyclic N) is 1. The van der Waals surface area contributed by atoms with Crippen LogP contribution in [0, 0.1) is 33.1 Å². The number of aliphatic imine (C=N–C) groups is 1. The summed E-state index contributed by atoms with van der Waals surface area (Å²) in [4.78, 5) is 72.5. The molecule has 2 aromatic carbocycles. The molecule has 0 saturated carbocycles. The third-order valence-electron chi connectivity index (χ3n) is 12.9. The van der Waals surface area contributed by atoms with Crippen LogP contribution in [0.1, 0.15) is 120 Å². The Bertz CT molecular complexity index is 2940. The van der Waals surface area contributed by atoms with Gasteiger partial charge >= 0.3 is 0 Å². The summed E-state index contributed by atoms with van der Waals surface area (Å²) < 4.78 is 7.94. The molecule has 1 unspecified atom stereocenters. The molecule has 4 aromatic heterocycles. The quantitative estimate of drug-likeness (QED) is 0.0688. The van der Waals surface area contributed by atoms with Crippen LogP contribution in [0.2, 0.25) is 5.02 Å². The second kappa shape index (κ2) is 21.6. The van der Waals surface area contributed by atoms with Crippen molar-refractivity contribution in [3.05, 3.63) is 128 Å². The molecule has 0 aliphatic carbocycles. The Kier molecular flexibility index (Phi) is 15.5. The smallest absolute Gasteiger partial charge is 0.270 e. The van der Waals surface area contributed by atoms with Crippen LogP contribution >= 0.6 is 34.3 Å². The van der Waals surface area contributed by atoms with Gasteiger partial charge in [0.25, 0.3) is 5.91 Å². The van der Waals surface area contributed by atoms with Crippen molar-refractivity contribution in [3.8, 4) is 21.2 Å². The Hall–Kier alpha value is -6.34. The highest BCUT2D eigenvalue weighted by Gasteiger charge is 2.45. The fourth-order valence-electron chi connectivity index (χ4n) is 8.85. The van der Waals surface area contributed by atoms with E-state index in [1.807, 2.05) is 100 Å². The monoisotopic (exact) mass is 1020 g/mol. The molecule has 4 N–H and O–H groups in total. The van der Waals surface area contributed by atoms with Gasteiger partial charge in [-0.2, -0.15) is 0 Å². The van der Waals surface area contributed by atoms with Gasteiger partial charge < -0.3 is 30.7 Å². The lowest BCUT2D eigenvalue weighted by Gasteiger charge is -2.35. The van der Waals surface area contributed by atoms with Crippen molar-refractivity contribution in [1.29, 1.82) is 0 Å². The summed E-state index contributed by atoms with van der Waals surface area (Å²) in [5.41, 5.74) is 7.82. The van der Waals surface area contributed by atoms with E-state index in [1.165, 1.54) is 22.0 Å². The third-order valence-corrected chi connectivity index (χ3v) is 15.3. The number of thiophene rings is 1. The number of amides is 4. The van der Waals surface area contributed by atoms with Crippen molar-refractivity contribution in [1.82, 2.24) is 45.6 Å². The molecule has 372 valence electrons. The zero-order valence-corrected chi connectivity index (χ0v) is 43.5. The van der Waals surface area contributed by atoms with E-state index >= 15 is 0 Å². The lowest BCUT2D eigenvalue weighted by molar-refractivity contribution is -0.142. The fourth-order valence-corrected chi connectivity index (χ4v) is 11.0. The van der Waals surface area contributed by atoms with Gasteiger partial charge in [0.1, 0.15) is 40.4 Å². The van der Waals surface area contributed by atoms with Gasteiger partial charge in [-0.3, -0.25) is 28.7 Å². The molecular weight excluding hydrogens is 960 g/mol. The van der Waals surface area contributed by atoms with E-state index in [0.29, 0.717) is 42.6 Å². The first-order chi connectivity index (χ1) is 33.9. The van der Waals surface area contributed by atoms with E-state index in [1.54, 1.807) is 28.7 Å². The molecule has 0 spiro atoms. The summed E-state index contributed by atoms with van der Waals surface area (Å²) in [6.07, 6.45) is 1.98. The van der Waals surface area contributed by atoms with Crippen LogP contribution in [0.25, 0.3) is 15.4 Å². The van der Waals surface area contributed by atoms with Gasteiger partial charge in [-0.25, -0.2) is 9.97 Å². The number of unbranched alkanes of at least 4 members (excludes halogenated alkanes) is 1. The third kappa shape index (κ3) is 11.4. The molecule has 2 aliphatic rings. The van der Waals surface area contributed by atoms with Crippen molar-refractivity contribution in [2.75, 3.05) is 19.7 Å². The molecule has 2 aliphatic heterocycles. The maximum absolute atomic E-state index is 14.2. The number of nitrogens with one attached hydrogen (secondary N) is 3. The predicted molar refractivity (Wildman–Crippen MR) is 276 cm³/mol. The number of aryl methyl sites for hydroxylation is 3. The topological polar surface area (TPSA) is 206 Å². The molecule has 0 bridgehead atoms. The second-order valence-corrected chi connectivity index (χ2v) is 21.7. The zero-order valence-electron chi connectivity index (χ0n) is 41.1. The SMILES string of the molecule is Cc1ncsc1-c1ccc([C@H](C)NC(=O)[C@@H]2C[C@@H](O)CN2C(=O)C(NC(=O)c2ccc(OCCCCNC(=O)C[C@@H]3N=C(c4ccc(Cl)cc4)c4c(sc(C)c4C)-n4c(C)nnc43)cn2)C(C)(C)C)cc1. The van der Waals surface area contributed by atoms with Crippen LogP contribution in [0.4, 0.5) is 0 Å². The molecule has 5 atom stereocenters. The maximum atomic E-state index is 14.2. The Morgan fingerprint density at radius 1 is 0.930 bits per heavy atom. The van der Waals surface area contributed by atoms with Gasteiger partial charge in [0, 0.05) is 40.5 Å². The number of nitrogens with zero attached hydrogens (tertiary/aromatic N) is 7. The standard InChI is InChI=1S/C52H59ClN10O6S2/c1-28-31(4)71-51-43(28)44(34-15-17-36(53)18-16-34)58-40(47-61-60-32(5)63(47)51)24-42(65)54-21-9-10-22-69-38-19-20-39(55-25-38)48(66)59-46(52(6,7)8)50(68)62-26-37(64)23-41(62)49(67)57-29(2)33-11-13-35(14-12-33)45-30(3)56-27-70-45/h11-20,25,27,29,37,40-41,46,64H,9-10,21-24,26H2,1-8H3,(H,54,65)(H,57,67)(H,59,66)/t29-,37+,40-,41-,46?/m0/s1. The first-order valence-corrected chi connectivity index (χ1v) is 25.8. The van der Waals surface area contributed by atoms with Gasteiger partial charge in [0.15, 0.2) is 5.82 Å². The normalized spacial score (nSPS) is 17.4. The van der Waals surface area contributed by atoms with E-state index in [-0.39, 0.29) is 42.9 Å². The van der Waals surface area contributed by atoms with E-state index in [2.05, 4.69) is 50.0 Å². The Morgan fingerprint density at radius 3 is 2.34 bits per heavy atom. The number of hydrogen-bond donors (Lipinski definition) is 4. The number of halogens is 1. The van der Waals surface area contributed by atoms with Crippen molar-refractivity contribution in [2.24, 2.45) is 10.4 Å². The summed E-state index contributed by atoms with van der Waals surface area (Å²) in [5, 5.41) is 30.1. The number of pyridine rings is 1. The van der Waals surface area contributed by atoms with Crippen LogP contribution in [-0.4, -0.2) is 102 Å². The zero-order chi connectivity index (χ0) is 50.7. The number of hydrogen-bond acceptors (Lipinski definition) is 13. The van der Waals surface area contributed by atoms with E-state index < -0.39 is 41.5 Å². The van der Waals surface area contributed by atoms with E-state index in [9.17, 15) is 24.3 Å². The van der Waals surface area contributed by atoms with E-state index in [0.717, 1.165) is 54.9 Å². The maximum Gasteiger partial charge on any atom is 0.270 e. The largest absolute Gasteiger partial charge is 0.492 e. The average molecular weight is 1020 g/mol. The number of aliphatic hydroxyl groups excluding tert-OH is 1. The average Bonchev–Trinajstić information content (AvgIpc) is 4.11. The van der Waals surface area contributed by atoms with Crippen LogP contribution in [0.3, 0.4) is 0 Å². The minimum atomic E-state index is -1.03. The minimum absolute atomic E-state index is 0.0452. The highest BCUT2D eigenvalue weighted by atomic mass is 35.5. The number of thiazole rings is 1. The number of ether oxygens (including phenoxy) is 1. The molecule has 0 radical (unpaired) electrons. The van der Waals surface area contributed by atoms with Crippen LogP contribution in [0.15, 0.2) is 77.4 Å². The second-order valence-electron chi connectivity index (χ2n) is 19.2. The fraction of sp³-hybridized carbons (Fsp3) is 0.404. The molecule has 6 heterocycles. The summed E-state index contributed by atoms with van der Waals surface area (Å²) in [7, 11) is 0. The lowest BCUT2D eigenvalue weighted by Crippen LogP contribution is -2.58. The first kappa shape index (κ1) is 51.0. The minimum Gasteiger partial charge on any atom is -0.492 e. The number of benzene rings is 2. The van der Waals surface area contributed by atoms with E-state index in [4.69, 9.17) is 21.3 Å². The summed E-state index contributed by atoms with van der Waals surface area (Å²) in [6.45, 7) is 16.1. The molecule has 6 aromatic rings. The number of aromatic nitrogens is 5.